The highest BCUT2D eigenvalue weighted by Crippen LogP contribution is 2.40. The Labute approximate surface area is 66.1 Å². The molecule has 0 aromatic carbocycles. The lowest BCUT2D eigenvalue weighted by molar-refractivity contribution is -0.145. The molecule has 1 saturated carbocycles. The molecule has 3 atom stereocenters. The molecule has 3 nitrogen and oxygen atoms in total. The molecule has 2 rings (SSSR count). The first-order chi connectivity index (χ1) is 5.31. The summed E-state index contributed by atoms with van der Waals surface area (Å²) < 4.78 is 4.89. The van der Waals surface area contributed by atoms with Crippen molar-refractivity contribution in [3.63, 3.8) is 0 Å². The second kappa shape index (κ2) is 2.48. The van der Waals surface area contributed by atoms with Crippen LogP contribution in [0.4, 0.5) is 0 Å². The Balaban J connectivity index is 1.82. The van der Waals surface area contributed by atoms with Gasteiger partial charge in [0.1, 0.15) is 6.04 Å². The molecule has 3 heteroatoms. The second-order valence-electron chi connectivity index (χ2n) is 3.31. The van der Waals surface area contributed by atoms with Gasteiger partial charge in [0.05, 0.1) is 6.61 Å². The number of carbonyl (C=O) groups excluding carboxylic acids is 1. The minimum absolute atomic E-state index is 0.00120. The van der Waals surface area contributed by atoms with Gasteiger partial charge in [0, 0.05) is 6.04 Å². The number of ether oxygens (including phenoxy) is 1. The van der Waals surface area contributed by atoms with Crippen LogP contribution in [0.3, 0.4) is 0 Å². The van der Waals surface area contributed by atoms with E-state index >= 15 is 0 Å². The van der Waals surface area contributed by atoms with Gasteiger partial charge in [0.25, 0.3) is 0 Å². The summed E-state index contributed by atoms with van der Waals surface area (Å²) in [6.07, 6.45) is 2.25. The first kappa shape index (κ1) is 7.10. The maximum absolute atomic E-state index is 11.1. The summed E-state index contributed by atoms with van der Waals surface area (Å²) >= 11 is 0. The van der Waals surface area contributed by atoms with Crippen LogP contribution >= 0.6 is 0 Å². The van der Waals surface area contributed by atoms with E-state index in [1.807, 2.05) is 6.92 Å². The molecular weight excluding hydrogens is 142 g/mol. The zero-order chi connectivity index (χ0) is 7.84. The fraction of sp³-hybridized carbons (Fsp3) is 0.875. The van der Waals surface area contributed by atoms with E-state index in [4.69, 9.17) is 4.74 Å². The van der Waals surface area contributed by atoms with Crippen molar-refractivity contribution in [3.05, 3.63) is 0 Å². The predicted octanol–water partition coefficient (Wildman–Crippen LogP) is 0.300. The normalized spacial score (nSPS) is 39.9. The second-order valence-corrected chi connectivity index (χ2v) is 3.31. The van der Waals surface area contributed by atoms with Gasteiger partial charge in [-0.25, -0.2) is 0 Å². The van der Waals surface area contributed by atoms with E-state index in [9.17, 15) is 4.79 Å². The molecule has 0 aromatic heterocycles. The van der Waals surface area contributed by atoms with Crippen molar-refractivity contribution in [1.82, 2.24) is 5.32 Å². The largest absolute Gasteiger partial charge is 0.465 e. The van der Waals surface area contributed by atoms with Crippen LogP contribution in [0.1, 0.15) is 19.8 Å². The van der Waals surface area contributed by atoms with Gasteiger partial charge in [0.15, 0.2) is 0 Å². The van der Waals surface area contributed by atoms with Crippen LogP contribution in [-0.4, -0.2) is 24.7 Å². The molecule has 1 aliphatic carbocycles. The molecule has 1 N–H and O–H groups in total. The molecule has 1 saturated heterocycles. The van der Waals surface area contributed by atoms with E-state index in [1.165, 1.54) is 6.42 Å². The van der Waals surface area contributed by atoms with E-state index < -0.39 is 0 Å². The highest BCUT2D eigenvalue weighted by atomic mass is 16.5. The van der Waals surface area contributed by atoms with Gasteiger partial charge in [0.2, 0.25) is 0 Å². The first-order valence-electron chi connectivity index (χ1n) is 4.24. The number of nitrogens with one attached hydrogen (secondary N) is 1. The lowest BCUT2D eigenvalue weighted by Crippen LogP contribution is -2.35. The molecule has 0 unspecified atom stereocenters. The van der Waals surface area contributed by atoms with E-state index in [-0.39, 0.29) is 12.0 Å². The van der Waals surface area contributed by atoms with Crippen LogP contribution < -0.4 is 5.32 Å². The van der Waals surface area contributed by atoms with Crippen molar-refractivity contribution in [1.29, 1.82) is 0 Å². The van der Waals surface area contributed by atoms with Gasteiger partial charge in [-0.1, -0.05) is 0 Å². The van der Waals surface area contributed by atoms with Crippen LogP contribution in [0.15, 0.2) is 0 Å². The van der Waals surface area contributed by atoms with Crippen LogP contribution in [0.5, 0.6) is 0 Å². The van der Waals surface area contributed by atoms with Crippen molar-refractivity contribution >= 4 is 5.97 Å². The molecule has 0 spiro atoms. The topological polar surface area (TPSA) is 38.3 Å². The Kier molecular flexibility index (Phi) is 1.60. The van der Waals surface area contributed by atoms with Crippen LogP contribution in [0.2, 0.25) is 0 Å². The Morgan fingerprint density at radius 2 is 2.45 bits per heavy atom. The maximum Gasteiger partial charge on any atom is 0.323 e. The minimum atomic E-state index is -0.0697. The predicted molar refractivity (Wildman–Crippen MR) is 40.1 cm³/mol. The quantitative estimate of drug-likeness (QED) is 0.583. The Bertz CT molecular complexity index is 171. The Morgan fingerprint density at radius 3 is 3.00 bits per heavy atom. The zero-order valence-corrected chi connectivity index (χ0v) is 6.67. The SMILES string of the molecule is CCOC(=O)[C@@H]1C[C@H]2C[C@H]2N1. The summed E-state index contributed by atoms with van der Waals surface area (Å²) in [7, 11) is 0. The number of hydrogen-bond donors (Lipinski definition) is 1. The molecular formula is C8H13NO2. The fourth-order valence-electron chi connectivity index (χ4n) is 1.75. The van der Waals surface area contributed by atoms with Crippen LogP contribution in [-0.2, 0) is 9.53 Å². The monoisotopic (exact) mass is 155 g/mol. The molecule has 0 amide bonds. The average molecular weight is 155 g/mol. The number of rotatable bonds is 2. The maximum atomic E-state index is 11.1. The first-order valence-corrected chi connectivity index (χ1v) is 4.24. The lowest BCUT2D eigenvalue weighted by atomic mass is 10.2. The number of fused-ring (bicyclic) bond motifs is 1. The summed E-state index contributed by atoms with van der Waals surface area (Å²) in [5.74, 6) is 0.698. The van der Waals surface area contributed by atoms with Crippen LogP contribution in [0.25, 0.3) is 0 Å². The summed E-state index contributed by atoms with van der Waals surface area (Å²) in [5.41, 5.74) is 0. The summed E-state index contributed by atoms with van der Waals surface area (Å²) in [6, 6.07) is 0.628. The highest BCUT2D eigenvalue weighted by molar-refractivity contribution is 5.76. The van der Waals surface area contributed by atoms with Gasteiger partial charge in [-0.15, -0.1) is 0 Å². The van der Waals surface area contributed by atoms with Crippen molar-refractivity contribution in [2.45, 2.75) is 31.8 Å². The summed E-state index contributed by atoms with van der Waals surface area (Å²) in [5, 5.41) is 3.24. The lowest BCUT2D eigenvalue weighted by Gasteiger charge is -2.10. The minimum Gasteiger partial charge on any atom is -0.465 e. The molecule has 11 heavy (non-hydrogen) atoms. The Hall–Kier alpha value is -0.570. The highest BCUT2D eigenvalue weighted by Gasteiger charge is 2.48. The summed E-state index contributed by atoms with van der Waals surface area (Å²) in [6.45, 7) is 2.33. The van der Waals surface area contributed by atoms with Crippen molar-refractivity contribution < 1.29 is 9.53 Å². The fourth-order valence-corrected chi connectivity index (χ4v) is 1.75. The zero-order valence-electron chi connectivity index (χ0n) is 6.67. The van der Waals surface area contributed by atoms with Crippen LogP contribution in [0, 0.1) is 5.92 Å². The van der Waals surface area contributed by atoms with E-state index in [0.29, 0.717) is 12.6 Å². The molecule has 1 heterocycles. The summed E-state index contributed by atoms with van der Waals surface area (Å²) in [4.78, 5) is 11.1. The number of carbonyl (C=O) groups is 1. The molecule has 0 bridgehead atoms. The van der Waals surface area contributed by atoms with Crippen molar-refractivity contribution in [2.24, 2.45) is 5.92 Å². The third kappa shape index (κ3) is 1.25. The molecule has 0 radical (unpaired) electrons. The van der Waals surface area contributed by atoms with E-state index in [1.54, 1.807) is 0 Å². The van der Waals surface area contributed by atoms with Crippen molar-refractivity contribution in [3.8, 4) is 0 Å². The smallest absolute Gasteiger partial charge is 0.323 e. The van der Waals surface area contributed by atoms with E-state index in [0.717, 1.165) is 12.3 Å². The number of piperidine rings is 1. The standard InChI is InChI=1S/C8H13NO2/c1-2-11-8(10)7-4-5-3-6(5)9-7/h5-7,9H,2-4H2,1H3/t5-,6-,7+/m1/s1. The Morgan fingerprint density at radius 1 is 1.64 bits per heavy atom. The third-order valence-electron chi connectivity index (χ3n) is 2.45. The average Bonchev–Trinajstić information content (AvgIpc) is 2.59. The number of esters is 1. The van der Waals surface area contributed by atoms with E-state index in [2.05, 4.69) is 5.32 Å². The molecule has 62 valence electrons. The van der Waals surface area contributed by atoms with Gasteiger partial charge in [-0.3, -0.25) is 4.79 Å². The van der Waals surface area contributed by atoms with Gasteiger partial charge >= 0.3 is 5.97 Å². The van der Waals surface area contributed by atoms with Gasteiger partial charge in [-0.2, -0.15) is 0 Å². The number of hydrogen-bond acceptors (Lipinski definition) is 3. The van der Waals surface area contributed by atoms with Crippen molar-refractivity contribution in [2.75, 3.05) is 6.61 Å². The molecule has 0 aromatic rings. The third-order valence-corrected chi connectivity index (χ3v) is 2.45. The molecule has 1 aliphatic heterocycles. The molecule has 2 fully saturated rings. The molecule has 2 aliphatic rings. The van der Waals surface area contributed by atoms with Gasteiger partial charge in [-0.05, 0) is 25.7 Å². The van der Waals surface area contributed by atoms with Gasteiger partial charge < -0.3 is 10.1 Å².